The number of hydrogen-bond acceptors (Lipinski definition) is 3. The average Bonchev–Trinajstić information content (AvgIpc) is 3.32. The number of likely N-dealkylation sites (tertiary alicyclic amines) is 1. The van der Waals surface area contributed by atoms with Gasteiger partial charge >= 0.3 is 0 Å². The summed E-state index contributed by atoms with van der Waals surface area (Å²) in [6, 6.07) is 7.59. The van der Waals surface area contributed by atoms with E-state index >= 15 is 0 Å². The van der Waals surface area contributed by atoms with E-state index in [4.69, 9.17) is 16.3 Å². The number of para-hydroxylation sites is 1. The van der Waals surface area contributed by atoms with E-state index in [0.29, 0.717) is 16.7 Å². The molecule has 0 bridgehead atoms. The first kappa shape index (κ1) is 16.6. The molecule has 23 heavy (non-hydrogen) atoms. The molecule has 0 unspecified atom stereocenters. The lowest BCUT2D eigenvalue weighted by atomic mass is 9.90. The van der Waals surface area contributed by atoms with Crippen molar-refractivity contribution in [1.29, 1.82) is 0 Å². The molecule has 0 radical (unpaired) electrons. The maximum Gasteiger partial charge on any atom is 0.264 e. The molecule has 0 spiro atoms. The standard InChI is InChI=1S/C18H25ClN2O2/c1-3-13-12-21(2)11-8-15(13)20-17(22)18(9-10-18)23-16-7-5-4-6-14(16)19/h4-7,13,15H,3,8-12H2,1-2H3,(H,20,22)/t13-,15-/m1/s1. The molecule has 126 valence electrons. The lowest BCUT2D eigenvalue weighted by Crippen LogP contribution is -2.53. The normalized spacial score (nSPS) is 26.6. The molecule has 0 aromatic heterocycles. The van der Waals surface area contributed by atoms with Gasteiger partial charge in [0.1, 0.15) is 5.75 Å². The molecule has 1 aromatic carbocycles. The lowest BCUT2D eigenvalue weighted by Gasteiger charge is -2.37. The van der Waals surface area contributed by atoms with E-state index in [-0.39, 0.29) is 11.9 Å². The molecule has 2 fully saturated rings. The summed E-state index contributed by atoms with van der Waals surface area (Å²) < 4.78 is 5.98. The fourth-order valence-corrected chi connectivity index (χ4v) is 3.52. The van der Waals surface area contributed by atoms with Crippen LogP contribution in [0.25, 0.3) is 0 Å². The molecule has 5 heteroatoms. The summed E-state index contributed by atoms with van der Waals surface area (Å²) in [6.07, 6.45) is 3.59. The lowest BCUT2D eigenvalue weighted by molar-refractivity contribution is -0.131. The molecule has 1 heterocycles. The van der Waals surface area contributed by atoms with Gasteiger partial charge in [-0.2, -0.15) is 0 Å². The predicted octanol–water partition coefficient (Wildman–Crippen LogP) is 3.10. The second-order valence-electron chi connectivity index (χ2n) is 6.83. The van der Waals surface area contributed by atoms with Crippen LogP contribution >= 0.6 is 11.6 Å². The van der Waals surface area contributed by atoms with Gasteiger partial charge in [0.15, 0.2) is 5.60 Å². The van der Waals surface area contributed by atoms with Gasteiger partial charge in [0.2, 0.25) is 0 Å². The van der Waals surface area contributed by atoms with E-state index in [0.717, 1.165) is 38.8 Å². The third-order valence-electron chi connectivity index (χ3n) is 5.04. The SMILES string of the molecule is CC[C@@H]1CN(C)CC[C@H]1NC(=O)C1(Oc2ccccc2Cl)CC1. The second kappa shape index (κ2) is 6.70. The van der Waals surface area contributed by atoms with Crippen LogP contribution in [0.5, 0.6) is 5.75 Å². The number of carbonyl (C=O) groups is 1. The van der Waals surface area contributed by atoms with Crippen molar-refractivity contribution in [1.82, 2.24) is 10.2 Å². The second-order valence-corrected chi connectivity index (χ2v) is 7.23. The minimum atomic E-state index is -0.716. The largest absolute Gasteiger partial charge is 0.476 e. The van der Waals surface area contributed by atoms with Crippen LogP contribution in [-0.2, 0) is 4.79 Å². The molecule has 1 saturated heterocycles. The van der Waals surface area contributed by atoms with E-state index in [1.54, 1.807) is 6.07 Å². The molecule has 2 atom stereocenters. The molecule has 1 aromatic rings. The third kappa shape index (κ3) is 3.64. The highest BCUT2D eigenvalue weighted by Crippen LogP contribution is 2.42. The highest BCUT2D eigenvalue weighted by atomic mass is 35.5. The van der Waals surface area contributed by atoms with Crippen LogP contribution in [0, 0.1) is 5.92 Å². The summed E-state index contributed by atoms with van der Waals surface area (Å²) in [5, 5.41) is 3.80. The summed E-state index contributed by atoms with van der Waals surface area (Å²) in [5.41, 5.74) is -0.716. The Morgan fingerprint density at radius 1 is 1.43 bits per heavy atom. The van der Waals surface area contributed by atoms with Crippen LogP contribution < -0.4 is 10.1 Å². The molecule has 4 nitrogen and oxygen atoms in total. The van der Waals surface area contributed by atoms with Gasteiger partial charge in [-0.1, -0.05) is 37.1 Å². The van der Waals surface area contributed by atoms with Gasteiger partial charge in [-0.05, 0) is 38.1 Å². The van der Waals surface area contributed by atoms with Crippen molar-refractivity contribution in [3.05, 3.63) is 29.3 Å². The van der Waals surface area contributed by atoms with Gasteiger partial charge < -0.3 is 15.0 Å². The van der Waals surface area contributed by atoms with Crippen molar-refractivity contribution >= 4 is 17.5 Å². The van der Waals surface area contributed by atoms with Crippen molar-refractivity contribution < 1.29 is 9.53 Å². The van der Waals surface area contributed by atoms with Gasteiger partial charge in [-0.25, -0.2) is 0 Å². The Hall–Kier alpha value is -1.26. The number of piperidine rings is 1. The fourth-order valence-electron chi connectivity index (χ4n) is 3.34. The van der Waals surface area contributed by atoms with Gasteiger partial charge in [0.05, 0.1) is 5.02 Å². The molecule has 3 rings (SSSR count). The number of carbonyl (C=O) groups excluding carboxylic acids is 1. The zero-order valence-corrected chi connectivity index (χ0v) is 14.6. The zero-order valence-electron chi connectivity index (χ0n) is 13.8. The minimum Gasteiger partial charge on any atom is -0.476 e. The number of nitrogens with one attached hydrogen (secondary N) is 1. The third-order valence-corrected chi connectivity index (χ3v) is 5.35. The summed E-state index contributed by atoms with van der Waals surface area (Å²) in [7, 11) is 2.14. The number of halogens is 1. The van der Waals surface area contributed by atoms with Crippen LogP contribution in [-0.4, -0.2) is 42.6 Å². The van der Waals surface area contributed by atoms with Crippen molar-refractivity contribution in [2.75, 3.05) is 20.1 Å². The number of hydrogen-bond donors (Lipinski definition) is 1. The van der Waals surface area contributed by atoms with E-state index in [9.17, 15) is 4.79 Å². The monoisotopic (exact) mass is 336 g/mol. The Balaban J connectivity index is 1.64. The van der Waals surface area contributed by atoms with Crippen molar-refractivity contribution in [3.8, 4) is 5.75 Å². The molecular weight excluding hydrogens is 312 g/mol. The van der Waals surface area contributed by atoms with Crippen LogP contribution in [0.2, 0.25) is 5.02 Å². The number of benzene rings is 1. The number of nitrogens with zero attached hydrogens (tertiary/aromatic N) is 1. The van der Waals surface area contributed by atoms with E-state index < -0.39 is 5.60 Å². The molecule has 2 aliphatic rings. The Bertz CT molecular complexity index is 574. The van der Waals surface area contributed by atoms with Gasteiger partial charge in [0, 0.05) is 25.4 Å². The zero-order chi connectivity index (χ0) is 16.4. The van der Waals surface area contributed by atoms with Gasteiger partial charge in [-0.15, -0.1) is 0 Å². The molecule has 1 aliphatic heterocycles. The first-order valence-corrected chi connectivity index (χ1v) is 8.85. The molecule has 1 amide bonds. The Morgan fingerprint density at radius 3 is 2.83 bits per heavy atom. The van der Waals surface area contributed by atoms with Crippen LogP contribution in [0.4, 0.5) is 0 Å². The smallest absolute Gasteiger partial charge is 0.264 e. The number of ether oxygens (including phenoxy) is 1. The summed E-state index contributed by atoms with van der Waals surface area (Å²) >= 11 is 6.15. The Morgan fingerprint density at radius 2 is 2.17 bits per heavy atom. The Labute approximate surface area is 143 Å². The molecule has 1 aliphatic carbocycles. The topological polar surface area (TPSA) is 41.6 Å². The number of rotatable bonds is 5. The maximum absolute atomic E-state index is 12.8. The van der Waals surface area contributed by atoms with E-state index in [1.807, 2.05) is 18.2 Å². The highest BCUT2D eigenvalue weighted by Gasteiger charge is 2.54. The van der Waals surface area contributed by atoms with Gasteiger partial charge in [-0.3, -0.25) is 4.79 Å². The first-order chi connectivity index (χ1) is 11.0. The fraction of sp³-hybridized carbons (Fsp3) is 0.611. The summed E-state index contributed by atoms with van der Waals surface area (Å²) in [4.78, 5) is 15.1. The van der Waals surface area contributed by atoms with Gasteiger partial charge in [0.25, 0.3) is 5.91 Å². The molecule has 1 N–H and O–H groups in total. The Kier molecular flexibility index (Phi) is 4.83. The van der Waals surface area contributed by atoms with Crippen molar-refractivity contribution in [2.24, 2.45) is 5.92 Å². The van der Waals surface area contributed by atoms with E-state index in [1.165, 1.54) is 0 Å². The average molecular weight is 337 g/mol. The number of amides is 1. The van der Waals surface area contributed by atoms with Crippen molar-refractivity contribution in [2.45, 2.75) is 44.2 Å². The quantitative estimate of drug-likeness (QED) is 0.898. The van der Waals surface area contributed by atoms with E-state index in [2.05, 4.69) is 24.2 Å². The highest BCUT2D eigenvalue weighted by molar-refractivity contribution is 6.32. The summed E-state index contributed by atoms with van der Waals surface area (Å²) in [5.74, 6) is 1.12. The van der Waals surface area contributed by atoms with Crippen molar-refractivity contribution in [3.63, 3.8) is 0 Å². The first-order valence-electron chi connectivity index (χ1n) is 8.47. The molecule has 1 saturated carbocycles. The minimum absolute atomic E-state index is 0.0189. The van der Waals surface area contributed by atoms with Crippen LogP contribution in [0.15, 0.2) is 24.3 Å². The van der Waals surface area contributed by atoms with Crippen LogP contribution in [0.3, 0.4) is 0 Å². The maximum atomic E-state index is 12.8. The molecular formula is C18H25ClN2O2. The predicted molar refractivity (Wildman–Crippen MR) is 91.9 cm³/mol. The summed E-state index contributed by atoms with van der Waals surface area (Å²) in [6.45, 7) is 4.26. The van der Waals surface area contributed by atoms with Crippen LogP contribution in [0.1, 0.15) is 32.6 Å².